The van der Waals surface area contributed by atoms with Gasteiger partial charge in [0.1, 0.15) is 23.0 Å². The molecule has 0 atom stereocenters. The van der Waals surface area contributed by atoms with Crippen LogP contribution in [0.15, 0.2) is 60.8 Å². The van der Waals surface area contributed by atoms with Crippen molar-refractivity contribution in [3.63, 3.8) is 0 Å². The summed E-state index contributed by atoms with van der Waals surface area (Å²) in [4.78, 5) is 9.55. The number of hydrogen-bond acceptors (Lipinski definition) is 5. The molecule has 0 unspecified atom stereocenters. The maximum absolute atomic E-state index is 5.62. The Morgan fingerprint density at radius 1 is 1.03 bits per heavy atom. The quantitative estimate of drug-likeness (QED) is 0.305. The van der Waals surface area contributed by atoms with E-state index >= 15 is 0 Å². The SMILES string of the molecule is C=CC=C.CC.CCN(CC)CCO/N=c1/cc(C)c2nn(C)nc2c2ccccc12. The van der Waals surface area contributed by atoms with Crippen LogP contribution in [0.25, 0.3) is 21.8 Å². The molecule has 0 fully saturated rings. The van der Waals surface area contributed by atoms with Gasteiger partial charge in [-0.15, -0.1) is 0 Å². The Bertz CT molecular complexity index is 1030. The summed E-state index contributed by atoms with van der Waals surface area (Å²) in [6, 6.07) is 10.2. The Balaban J connectivity index is 0.000000720. The van der Waals surface area contributed by atoms with Crippen molar-refractivity contribution in [2.45, 2.75) is 34.6 Å². The predicted octanol–water partition coefficient (Wildman–Crippen LogP) is 4.99. The van der Waals surface area contributed by atoms with E-state index in [0.717, 1.165) is 52.4 Å². The van der Waals surface area contributed by atoms with Crippen molar-refractivity contribution in [2.75, 3.05) is 26.2 Å². The maximum Gasteiger partial charge on any atom is 0.129 e. The van der Waals surface area contributed by atoms with E-state index in [1.165, 1.54) is 0 Å². The third kappa shape index (κ3) is 7.33. The highest BCUT2D eigenvalue weighted by molar-refractivity contribution is 6.02. The number of nitrogens with zero attached hydrogens (tertiary/aromatic N) is 5. The van der Waals surface area contributed by atoms with E-state index in [-0.39, 0.29) is 0 Å². The Morgan fingerprint density at radius 2 is 1.61 bits per heavy atom. The number of likely N-dealkylation sites (N-methyl/N-ethyl adjacent to an activating group) is 1. The summed E-state index contributed by atoms with van der Waals surface area (Å²) in [6.45, 7) is 20.5. The van der Waals surface area contributed by atoms with Gasteiger partial charge in [0.2, 0.25) is 0 Å². The molecule has 1 heterocycles. The van der Waals surface area contributed by atoms with E-state index < -0.39 is 0 Å². The molecule has 1 aromatic heterocycles. The Hall–Kier alpha value is -2.99. The van der Waals surface area contributed by atoms with Crippen LogP contribution in [-0.4, -0.2) is 46.1 Å². The third-order valence-electron chi connectivity index (χ3n) is 4.62. The third-order valence-corrected chi connectivity index (χ3v) is 4.62. The van der Waals surface area contributed by atoms with Gasteiger partial charge in [0.15, 0.2) is 0 Å². The largest absolute Gasteiger partial charge is 0.394 e. The molecule has 3 rings (SSSR count). The van der Waals surface area contributed by atoms with E-state index in [1.54, 1.807) is 16.9 Å². The van der Waals surface area contributed by atoms with Gasteiger partial charge in [-0.3, -0.25) is 0 Å². The standard InChI is InChI=1S/C19H25N5O.C4H6.C2H6/c1-5-24(6-2)11-12-25-22-17-13-14(3)18-19(21-23(4)20-18)16-10-8-7-9-15(16)17;1-3-4-2;1-2/h7-10,13H,5-6,11-12H2,1-4H3;3-4H,1-2H2;1-2H3/b22-17-;;. The zero-order valence-electron chi connectivity index (χ0n) is 19.9. The Kier molecular flexibility index (Phi) is 11.8. The second-order valence-electron chi connectivity index (χ2n) is 6.57. The first-order chi connectivity index (χ1) is 15.0. The molecular formula is C25H37N5O. The van der Waals surface area contributed by atoms with Gasteiger partial charge in [0, 0.05) is 24.4 Å². The number of aromatic nitrogens is 3. The topological polar surface area (TPSA) is 55.5 Å². The highest BCUT2D eigenvalue weighted by Gasteiger charge is 2.09. The number of fused-ring (bicyclic) bond motifs is 3. The van der Waals surface area contributed by atoms with E-state index in [4.69, 9.17) is 4.84 Å². The molecule has 0 amide bonds. The van der Waals surface area contributed by atoms with Crippen LogP contribution in [-0.2, 0) is 11.9 Å². The smallest absolute Gasteiger partial charge is 0.129 e. The fourth-order valence-corrected chi connectivity index (χ4v) is 3.02. The number of benzene rings is 1. The van der Waals surface area contributed by atoms with Gasteiger partial charge in [-0.1, -0.05) is 82.4 Å². The molecule has 31 heavy (non-hydrogen) atoms. The number of aryl methyl sites for hydroxylation is 2. The lowest BCUT2D eigenvalue weighted by Gasteiger charge is -2.16. The number of allylic oxidation sites excluding steroid dienone is 2. The van der Waals surface area contributed by atoms with Gasteiger partial charge < -0.3 is 9.74 Å². The lowest BCUT2D eigenvalue weighted by atomic mass is 10.1. The molecule has 0 aliphatic heterocycles. The maximum atomic E-state index is 5.62. The number of hydrogen-bond donors (Lipinski definition) is 0. The monoisotopic (exact) mass is 423 g/mol. The van der Waals surface area contributed by atoms with Crippen LogP contribution in [0, 0.1) is 6.92 Å². The van der Waals surface area contributed by atoms with Crippen LogP contribution in [0.3, 0.4) is 0 Å². The highest BCUT2D eigenvalue weighted by Crippen LogP contribution is 2.20. The van der Waals surface area contributed by atoms with E-state index in [9.17, 15) is 0 Å². The molecule has 0 radical (unpaired) electrons. The van der Waals surface area contributed by atoms with Crippen molar-refractivity contribution in [3.8, 4) is 0 Å². The average molecular weight is 424 g/mol. The second-order valence-corrected chi connectivity index (χ2v) is 6.57. The minimum absolute atomic E-state index is 0.574. The van der Waals surface area contributed by atoms with Crippen LogP contribution >= 0.6 is 0 Å². The molecule has 3 aromatic rings. The van der Waals surface area contributed by atoms with Crippen LogP contribution in [0.5, 0.6) is 0 Å². The zero-order valence-corrected chi connectivity index (χ0v) is 19.9. The molecule has 168 valence electrons. The first-order valence-electron chi connectivity index (χ1n) is 10.9. The summed E-state index contributed by atoms with van der Waals surface area (Å²) in [6.07, 6.45) is 3.28. The van der Waals surface area contributed by atoms with Gasteiger partial charge in [0.25, 0.3) is 0 Å². The minimum atomic E-state index is 0.574. The summed E-state index contributed by atoms with van der Waals surface area (Å²) < 4.78 is 0. The van der Waals surface area contributed by atoms with Crippen molar-refractivity contribution in [3.05, 3.63) is 66.6 Å². The molecule has 0 saturated heterocycles. The molecule has 0 bridgehead atoms. The fraction of sp³-hybridized carbons (Fsp3) is 0.400. The van der Waals surface area contributed by atoms with E-state index in [0.29, 0.717) is 6.61 Å². The average Bonchev–Trinajstić information content (AvgIpc) is 3.17. The molecule has 0 N–H and O–H groups in total. The van der Waals surface area contributed by atoms with Crippen LogP contribution < -0.4 is 5.36 Å². The second kappa shape index (κ2) is 14.1. The Labute approximate surface area is 186 Å². The number of rotatable bonds is 7. The van der Waals surface area contributed by atoms with Crippen molar-refractivity contribution in [1.82, 2.24) is 19.9 Å². The van der Waals surface area contributed by atoms with Gasteiger partial charge >= 0.3 is 0 Å². The summed E-state index contributed by atoms with van der Waals surface area (Å²) in [5.41, 5.74) is 2.81. The molecule has 0 aliphatic carbocycles. The van der Waals surface area contributed by atoms with Gasteiger partial charge in [-0.2, -0.15) is 15.0 Å². The van der Waals surface area contributed by atoms with Crippen molar-refractivity contribution in [1.29, 1.82) is 0 Å². The van der Waals surface area contributed by atoms with Crippen LogP contribution in [0.4, 0.5) is 0 Å². The molecule has 0 aliphatic rings. The molecule has 0 spiro atoms. The molecule has 0 saturated carbocycles. The summed E-state index contributed by atoms with van der Waals surface area (Å²) in [5.74, 6) is 0. The summed E-state index contributed by atoms with van der Waals surface area (Å²) in [7, 11) is 1.84. The van der Waals surface area contributed by atoms with Crippen molar-refractivity contribution in [2.24, 2.45) is 12.2 Å². The van der Waals surface area contributed by atoms with Crippen molar-refractivity contribution < 1.29 is 4.84 Å². The molecule has 6 heteroatoms. The lowest BCUT2D eigenvalue weighted by molar-refractivity contribution is 0.106. The summed E-state index contributed by atoms with van der Waals surface area (Å²) in [5, 5.41) is 16.3. The summed E-state index contributed by atoms with van der Waals surface area (Å²) >= 11 is 0. The molecular weight excluding hydrogens is 386 g/mol. The molecule has 2 aromatic carbocycles. The Morgan fingerprint density at radius 3 is 2.19 bits per heavy atom. The van der Waals surface area contributed by atoms with E-state index in [2.05, 4.69) is 59.4 Å². The molecule has 6 nitrogen and oxygen atoms in total. The fourth-order valence-electron chi connectivity index (χ4n) is 3.02. The minimum Gasteiger partial charge on any atom is -0.394 e. The lowest BCUT2D eigenvalue weighted by Crippen LogP contribution is -2.26. The first-order valence-corrected chi connectivity index (χ1v) is 10.9. The van der Waals surface area contributed by atoms with Crippen LogP contribution in [0.2, 0.25) is 0 Å². The normalized spacial score (nSPS) is 10.9. The van der Waals surface area contributed by atoms with Crippen LogP contribution in [0.1, 0.15) is 33.3 Å². The van der Waals surface area contributed by atoms with Gasteiger partial charge in [-0.05, 0) is 31.6 Å². The van der Waals surface area contributed by atoms with Crippen molar-refractivity contribution >= 4 is 21.8 Å². The van der Waals surface area contributed by atoms with Gasteiger partial charge in [-0.25, -0.2) is 0 Å². The highest BCUT2D eigenvalue weighted by atomic mass is 16.6. The van der Waals surface area contributed by atoms with E-state index in [1.807, 2.05) is 46.0 Å². The van der Waals surface area contributed by atoms with Gasteiger partial charge in [0.05, 0.1) is 0 Å². The first kappa shape index (κ1) is 26.0. The predicted molar refractivity (Wildman–Crippen MR) is 132 cm³/mol. The zero-order chi connectivity index (χ0) is 23.2.